The molecule has 21 heavy (non-hydrogen) atoms. The molecule has 0 saturated carbocycles. The monoisotopic (exact) mass is 311 g/mol. The van der Waals surface area contributed by atoms with Crippen molar-refractivity contribution in [2.75, 3.05) is 19.4 Å². The van der Waals surface area contributed by atoms with Gasteiger partial charge in [0, 0.05) is 13.1 Å². The van der Waals surface area contributed by atoms with Gasteiger partial charge in [-0.05, 0) is 36.0 Å². The summed E-state index contributed by atoms with van der Waals surface area (Å²) in [7, 11) is -1.52. The van der Waals surface area contributed by atoms with Crippen LogP contribution >= 0.6 is 0 Å². The van der Waals surface area contributed by atoms with Crippen LogP contribution in [0.15, 0.2) is 18.2 Å². The molecule has 1 unspecified atom stereocenters. The fourth-order valence-electron chi connectivity index (χ4n) is 2.76. The van der Waals surface area contributed by atoms with Gasteiger partial charge in [-0.3, -0.25) is 0 Å². The summed E-state index contributed by atoms with van der Waals surface area (Å²) in [5.74, 6) is 1.31. The summed E-state index contributed by atoms with van der Waals surface area (Å²) < 4.78 is 32.2. The van der Waals surface area contributed by atoms with Crippen molar-refractivity contribution in [2.45, 2.75) is 39.7 Å². The molecular weight excluding hydrogens is 286 g/mol. The van der Waals surface area contributed by atoms with Crippen LogP contribution in [0.2, 0.25) is 0 Å². The van der Waals surface area contributed by atoms with Gasteiger partial charge in [-0.15, -0.1) is 0 Å². The number of hydrogen-bond acceptors (Lipinski definition) is 3. The molecule has 0 fully saturated rings. The molecule has 0 aromatic heterocycles. The van der Waals surface area contributed by atoms with Crippen LogP contribution in [-0.4, -0.2) is 32.1 Å². The molecule has 2 rings (SSSR count). The third kappa shape index (κ3) is 3.77. The highest BCUT2D eigenvalue weighted by Crippen LogP contribution is 2.28. The minimum atomic E-state index is -3.19. The van der Waals surface area contributed by atoms with Crippen LogP contribution in [0.4, 0.5) is 0 Å². The lowest BCUT2D eigenvalue weighted by Crippen LogP contribution is -2.34. The van der Waals surface area contributed by atoms with Crippen LogP contribution in [0.5, 0.6) is 5.75 Å². The van der Waals surface area contributed by atoms with Crippen molar-refractivity contribution in [1.29, 1.82) is 0 Å². The summed E-state index contributed by atoms with van der Waals surface area (Å²) in [6.07, 6.45) is 2.60. The normalized spacial score (nSPS) is 17.9. The van der Waals surface area contributed by atoms with E-state index in [1.807, 2.05) is 32.0 Å². The maximum absolute atomic E-state index is 12.6. The maximum atomic E-state index is 12.6. The molecular formula is C16H25NO3S. The Kier molecular flexibility index (Phi) is 5.27. The Morgan fingerprint density at radius 3 is 2.81 bits per heavy atom. The van der Waals surface area contributed by atoms with Crippen LogP contribution in [0.3, 0.4) is 0 Å². The quantitative estimate of drug-likeness (QED) is 0.840. The average Bonchev–Trinajstić information content (AvgIpc) is 2.69. The Morgan fingerprint density at radius 2 is 2.14 bits per heavy atom. The molecule has 4 nitrogen and oxygen atoms in total. The first kappa shape index (κ1) is 16.3. The number of ether oxygens (including phenoxy) is 1. The van der Waals surface area contributed by atoms with Crippen molar-refractivity contribution in [3.8, 4) is 5.75 Å². The van der Waals surface area contributed by atoms with E-state index in [9.17, 15) is 8.42 Å². The predicted octanol–water partition coefficient (Wildman–Crippen LogP) is 2.82. The van der Waals surface area contributed by atoms with Crippen LogP contribution < -0.4 is 4.74 Å². The Labute approximate surface area is 128 Å². The van der Waals surface area contributed by atoms with Gasteiger partial charge in [0.15, 0.2) is 0 Å². The zero-order chi connectivity index (χ0) is 15.5. The van der Waals surface area contributed by atoms with Gasteiger partial charge < -0.3 is 4.74 Å². The van der Waals surface area contributed by atoms with Crippen LogP contribution in [0, 0.1) is 5.92 Å². The topological polar surface area (TPSA) is 46.6 Å². The number of hydrogen-bond donors (Lipinski definition) is 0. The Bertz CT molecular complexity index is 583. The number of nitrogens with zero attached hydrogens (tertiary/aromatic N) is 1. The highest BCUT2D eigenvalue weighted by Gasteiger charge is 2.27. The van der Waals surface area contributed by atoms with E-state index < -0.39 is 10.0 Å². The van der Waals surface area contributed by atoms with E-state index in [0.29, 0.717) is 13.1 Å². The molecule has 1 aliphatic heterocycles. The highest BCUT2D eigenvalue weighted by molar-refractivity contribution is 7.89. The van der Waals surface area contributed by atoms with Gasteiger partial charge in [-0.1, -0.05) is 32.4 Å². The van der Waals surface area contributed by atoms with Crippen molar-refractivity contribution in [3.05, 3.63) is 29.3 Å². The molecule has 1 atom stereocenters. The zero-order valence-electron chi connectivity index (χ0n) is 13.1. The smallest absolute Gasteiger partial charge is 0.214 e. The second-order valence-electron chi connectivity index (χ2n) is 5.83. The Morgan fingerprint density at radius 1 is 1.38 bits per heavy atom. The minimum absolute atomic E-state index is 0.197. The Balaban J connectivity index is 2.25. The molecule has 5 heteroatoms. The lowest BCUT2D eigenvalue weighted by molar-refractivity contribution is 0.403. The van der Waals surface area contributed by atoms with Crippen molar-refractivity contribution in [3.63, 3.8) is 0 Å². The molecule has 0 amide bonds. The van der Waals surface area contributed by atoms with Crippen molar-refractivity contribution in [1.82, 2.24) is 4.31 Å². The van der Waals surface area contributed by atoms with E-state index in [1.165, 1.54) is 0 Å². The third-order valence-electron chi connectivity index (χ3n) is 4.22. The second-order valence-corrected chi connectivity index (χ2v) is 7.84. The van der Waals surface area contributed by atoms with Gasteiger partial charge in [0.05, 0.1) is 12.9 Å². The van der Waals surface area contributed by atoms with Gasteiger partial charge in [0.2, 0.25) is 10.0 Å². The lowest BCUT2D eigenvalue weighted by Gasteiger charge is -2.22. The molecule has 0 aliphatic carbocycles. The minimum Gasteiger partial charge on any atom is -0.496 e. The zero-order valence-corrected chi connectivity index (χ0v) is 13.9. The van der Waals surface area contributed by atoms with Gasteiger partial charge in [0.1, 0.15) is 5.75 Å². The molecule has 0 N–H and O–H groups in total. The average molecular weight is 311 g/mol. The van der Waals surface area contributed by atoms with Crippen LogP contribution in [0.1, 0.15) is 37.8 Å². The first-order chi connectivity index (χ1) is 9.97. The largest absolute Gasteiger partial charge is 0.496 e. The number of benzene rings is 1. The van der Waals surface area contributed by atoms with Crippen molar-refractivity contribution < 1.29 is 13.2 Å². The van der Waals surface area contributed by atoms with E-state index >= 15 is 0 Å². The second kappa shape index (κ2) is 6.79. The van der Waals surface area contributed by atoms with Gasteiger partial charge in [-0.25, -0.2) is 8.42 Å². The van der Waals surface area contributed by atoms with E-state index in [0.717, 1.165) is 36.1 Å². The van der Waals surface area contributed by atoms with Gasteiger partial charge >= 0.3 is 0 Å². The summed E-state index contributed by atoms with van der Waals surface area (Å²) in [6.45, 7) is 5.08. The molecule has 0 spiro atoms. The van der Waals surface area contributed by atoms with Gasteiger partial charge in [0.25, 0.3) is 0 Å². The number of rotatable bonds is 5. The molecule has 118 valence electrons. The third-order valence-corrected chi connectivity index (χ3v) is 6.31. The van der Waals surface area contributed by atoms with Crippen molar-refractivity contribution in [2.24, 2.45) is 5.92 Å². The first-order valence-electron chi connectivity index (χ1n) is 7.60. The van der Waals surface area contributed by atoms with Crippen molar-refractivity contribution >= 4 is 10.0 Å². The molecule has 0 bridgehead atoms. The Hall–Kier alpha value is -1.07. The summed E-state index contributed by atoms with van der Waals surface area (Å²) in [5, 5.41) is 0. The first-order valence-corrected chi connectivity index (χ1v) is 9.21. The molecule has 1 aromatic carbocycles. The molecule has 1 aliphatic rings. The number of sulfonamides is 1. The number of fused-ring (bicyclic) bond motifs is 1. The standard InChI is InChI=1S/C16H25NO3S/c1-4-13(2)12-21(18,19)17-10-6-8-15-14(11-17)7-5-9-16(15)20-3/h5,7,9,13H,4,6,8,10-12H2,1-3H3. The van der Waals surface area contributed by atoms with E-state index in [-0.39, 0.29) is 11.7 Å². The summed E-state index contributed by atoms with van der Waals surface area (Å²) in [5.41, 5.74) is 2.22. The summed E-state index contributed by atoms with van der Waals surface area (Å²) in [4.78, 5) is 0. The SMILES string of the molecule is CCC(C)CS(=O)(=O)N1CCCc2c(cccc2OC)C1. The van der Waals surface area contributed by atoms with Crippen LogP contribution in [0.25, 0.3) is 0 Å². The van der Waals surface area contributed by atoms with E-state index in [1.54, 1.807) is 11.4 Å². The molecule has 1 heterocycles. The fraction of sp³-hybridized carbons (Fsp3) is 0.625. The predicted molar refractivity (Wildman–Crippen MR) is 85.0 cm³/mol. The van der Waals surface area contributed by atoms with E-state index in [4.69, 9.17) is 4.74 Å². The lowest BCUT2D eigenvalue weighted by atomic mass is 10.0. The summed E-state index contributed by atoms with van der Waals surface area (Å²) in [6, 6.07) is 5.89. The summed E-state index contributed by atoms with van der Waals surface area (Å²) >= 11 is 0. The highest BCUT2D eigenvalue weighted by atomic mass is 32.2. The molecule has 0 saturated heterocycles. The van der Waals surface area contributed by atoms with E-state index in [2.05, 4.69) is 0 Å². The van der Waals surface area contributed by atoms with Gasteiger partial charge in [-0.2, -0.15) is 4.31 Å². The maximum Gasteiger partial charge on any atom is 0.214 e. The molecule has 1 aromatic rings. The number of methoxy groups -OCH3 is 1. The van der Waals surface area contributed by atoms with Crippen LogP contribution in [-0.2, 0) is 23.0 Å². The molecule has 0 radical (unpaired) electrons. The fourth-order valence-corrected chi connectivity index (χ4v) is 4.66.